The van der Waals surface area contributed by atoms with Crippen molar-refractivity contribution >= 4 is 110 Å². The van der Waals surface area contributed by atoms with Gasteiger partial charge in [0.2, 0.25) is 0 Å². The quantitative estimate of drug-likeness (QED) is 0.142. The summed E-state index contributed by atoms with van der Waals surface area (Å²) in [5.41, 5.74) is 24.3. The van der Waals surface area contributed by atoms with E-state index >= 15 is 0 Å². The van der Waals surface area contributed by atoms with E-state index in [0.29, 0.717) is 0 Å². The van der Waals surface area contributed by atoms with Gasteiger partial charge in [-0.15, -0.1) is 0 Å². The van der Waals surface area contributed by atoms with E-state index in [1.54, 1.807) is 0 Å². The fourth-order valence-corrected chi connectivity index (χ4v) is 12.9. The molecule has 2 aromatic heterocycles. The van der Waals surface area contributed by atoms with Crippen LogP contribution in [-0.2, 0) is 0 Å². The average Bonchev–Trinajstić information content (AvgIpc) is 4.11. The molecule has 76 heavy (non-hydrogen) atoms. The molecule has 0 saturated heterocycles. The summed E-state index contributed by atoms with van der Waals surface area (Å²) in [6, 6.07) is 71.6. The highest BCUT2D eigenvalue weighted by Gasteiger charge is 2.28. The summed E-state index contributed by atoms with van der Waals surface area (Å²) in [5, 5.41) is 11.5. The van der Waals surface area contributed by atoms with E-state index in [0.717, 1.165) is 99.9 Å². The predicted octanol–water partition coefficient (Wildman–Crippen LogP) is 21.1. The van der Waals surface area contributed by atoms with Gasteiger partial charge in [0, 0.05) is 54.8 Å². The van der Waals surface area contributed by atoms with E-state index in [1.807, 2.05) is 0 Å². The van der Waals surface area contributed by atoms with E-state index in [9.17, 15) is 0 Å². The Hall–Kier alpha value is -9.12. The van der Waals surface area contributed by atoms with Gasteiger partial charge in [0.25, 0.3) is 0 Å². The van der Waals surface area contributed by atoms with Crippen LogP contribution >= 0.6 is 0 Å². The third kappa shape index (κ3) is 6.83. The van der Waals surface area contributed by atoms with Crippen LogP contribution in [0.1, 0.15) is 44.5 Å². The molecule has 0 N–H and O–H groups in total. The summed E-state index contributed by atoms with van der Waals surface area (Å²) in [5.74, 6) is 0. The van der Waals surface area contributed by atoms with Gasteiger partial charge < -0.3 is 18.6 Å². The topological polar surface area (TPSA) is 32.8 Å². The molecule has 0 saturated carbocycles. The highest BCUT2D eigenvalue weighted by Crippen LogP contribution is 2.52. The zero-order valence-corrected chi connectivity index (χ0v) is 44.2. The third-order valence-corrected chi connectivity index (χ3v) is 16.3. The van der Waals surface area contributed by atoms with Gasteiger partial charge in [-0.1, -0.05) is 169 Å². The first kappa shape index (κ1) is 45.5. The van der Waals surface area contributed by atoms with E-state index < -0.39 is 0 Å². The lowest BCUT2D eigenvalue weighted by Gasteiger charge is -2.30. The van der Waals surface area contributed by atoms with Crippen molar-refractivity contribution in [3.63, 3.8) is 0 Å². The van der Waals surface area contributed by atoms with E-state index in [1.165, 1.54) is 77.2 Å². The van der Waals surface area contributed by atoms with Gasteiger partial charge in [-0.2, -0.15) is 0 Å². The van der Waals surface area contributed by atoms with Crippen LogP contribution in [0.25, 0.3) is 98.4 Å². The van der Waals surface area contributed by atoms with Gasteiger partial charge in [-0.25, -0.2) is 0 Å². The Morgan fingerprint density at radius 2 is 0.605 bits per heavy atom. The lowest BCUT2D eigenvalue weighted by atomic mass is 9.91. The van der Waals surface area contributed by atoms with Crippen LogP contribution in [0, 0.1) is 55.4 Å². The molecule has 12 aromatic carbocycles. The highest BCUT2D eigenvalue weighted by molar-refractivity contribution is 6.29. The van der Waals surface area contributed by atoms with Crippen molar-refractivity contribution in [1.82, 2.24) is 0 Å². The van der Waals surface area contributed by atoms with Crippen molar-refractivity contribution in [2.45, 2.75) is 55.4 Å². The fraction of sp³-hybridized carbons (Fsp3) is 0.111. The second-order valence-electron chi connectivity index (χ2n) is 21.3. The SMILES string of the molecule is Cc1ccc(N(c2ccc3ccc4c(N(c5ccc(C)cc5C)c5cccc6c5oc5c(-c7c(C)cccc7C)cccc56)ccc5ccc2c3c54)c2cccc3c2oc2c(-c4c(C)cccc4C)cccc23)c(C)c1. The molecular weight excluding hydrogens is 925 g/mol. The number of nitrogens with zero attached hydrogens (tertiary/aromatic N) is 2. The lowest BCUT2D eigenvalue weighted by molar-refractivity contribution is 0.669. The molecule has 0 fully saturated rings. The second kappa shape index (κ2) is 17.2. The van der Waals surface area contributed by atoms with Gasteiger partial charge in [-0.3, -0.25) is 0 Å². The Kier molecular flexibility index (Phi) is 10.3. The normalized spacial score (nSPS) is 11.9. The number of para-hydroxylation sites is 4. The molecule has 0 spiro atoms. The van der Waals surface area contributed by atoms with Crippen molar-refractivity contribution in [3.05, 3.63) is 239 Å². The number of fused-ring (bicyclic) bond motifs is 6. The fourth-order valence-electron chi connectivity index (χ4n) is 12.9. The Labute approximate surface area is 443 Å². The van der Waals surface area contributed by atoms with Crippen molar-refractivity contribution in [2.24, 2.45) is 0 Å². The number of rotatable bonds is 8. The molecule has 0 aliphatic carbocycles. The molecule has 0 atom stereocenters. The number of aryl methyl sites for hydroxylation is 8. The van der Waals surface area contributed by atoms with Crippen molar-refractivity contribution in [3.8, 4) is 22.3 Å². The molecule has 0 unspecified atom stereocenters. The molecule has 366 valence electrons. The standard InChI is InChI=1S/C72H56N2O2/c1-41-27-35-59(47(7)39-41)73(63-25-13-21-53-51-19-11-23-57(69(51)75-71(53)63)65-43(3)15-9-16-44(65)4)61-37-31-49-30-34-56-62(38-32-50-29-33-55(61)67(49)68(50)56)74(60-36-28-42(2)40-48(60)8)64-26-14-22-54-52-20-12-24-58(70(52)76-72(54)64)66-45(5)17-10-18-46(66)6/h9-40H,1-8H3. The predicted molar refractivity (Wildman–Crippen MR) is 323 cm³/mol. The summed E-state index contributed by atoms with van der Waals surface area (Å²) >= 11 is 0. The van der Waals surface area contributed by atoms with Gasteiger partial charge in [0.05, 0.1) is 22.7 Å². The minimum absolute atomic E-state index is 0.856. The summed E-state index contributed by atoms with van der Waals surface area (Å²) in [7, 11) is 0. The first-order chi connectivity index (χ1) is 37.0. The molecule has 0 amide bonds. The van der Waals surface area contributed by atoms with Crippen LogP contribution in [0.15, 0.2) is 203 Å². The van der Waals surface area contributed by atoms with Crippen LogP contribution in [-0.4, -0.2) is 0 Å². The van der Waals surface area contributed by atoms with Crippen LogP contribution in [0.5, 0.6) is 0 Å². The van der Waals surface area contributed by atoms with E-state index in [-0.39, 0.29) is 0 Å². The van der Waals surface area contributed by atoms with Crippen LogP contribution in [0.4, 0.5) is 34.1 Å². The molecule has 14 rings (SSSR count). The largest absolute Gasteiger partial charge is 0.453 e. The molecule has 4 heteroatoms. The Morgan fingerprint density at radius 3 is 1.00 bits per heavy atom. The maximum Gasteiger partial charge on any atom is 0.159 e. The highest BCUT2D eigenvalue weighted by atomic mass is 16.3. The molecule has 4 nitrogen and oxygen atoms in total. The summed E-state index contributed by atoms with van der Waals surface area (Å²) in [6.07, 6.45) is 0. The molecule has 0 radical (unpaired) electrons. The van der Waals surface area contributed by atoms with Crippen molar-refractivity contribution < 1.29 is 8.83 Å². The molecular formula is C72H56N2O2. The molecule has 0 bridgehead atoms. The second-order valence-corrected chi connectivity index (χ2v) is 21.3. The first-order valence-electron chi connectivity index (χ1n) is 26.5. The van der Waals surface area contributed by atoms with E-state index in [2.05, 4.69) is 259 Å². The van der Waals surface area contributed by atoms with Gasteiger partial charge in [0.15, 0.2) is 11.2 Å². The van der Waals surface area contributed by atoms with Gasteiger partial charge >= 0.3 is 0 Å². The number of hydrogen-bond acceptors (Lipinski definition) is 4. The smallest absolute Gasteiger partial charge is 0.159 e. The van der Waals surface area contributed by atoms with Crippen molar-refractivity contribution in [2.75, 3.05) is 9.80 Å². The molecule has 2 heterocycles. The molecule has 14 aromatic rings. The molecule has 0 aliphatic heterocycles. The number of benzene rings is 12. The number of anilines is 6. The number of hydrogen-bond donors (Lipinski definition) is 0. The van der Waals surface area contributed by atoms with Crippen molar-refractivity contribution in [1.29, 1.82) is 0 Å². The minimum Gasteiger partial charge on any atom is -0.453 e. The Balaban J connectivity index is 1.02. The maximum atomic E-state index is 7.27. The Morgan fingerprint density at radius 1 is 0.263 bits per heavy atom. The summed E-state index contributed by atoms with van der Waals surface area (Å²) < 4.78 is 14.5. The zero-order chi connectivity index (χ0) is 51.7. The molecule has 0 aliphatic rings. The van der Waals surface area contributed by atoms with Crippen LogP contribution in [0.2, 0.25) is 0 Å². The van der Waals surface area contributed by atoms with Gasteiger partial charge in [-0.05, 0) is 158 Å². The Bertz CT molecular complexity index is 4360. The zero-order valence-electron chi connectivity index (χ0n) is 44.2. The third-order valence-electron chi connectivity index (χ3n) is 16.3. The first-order valence-corrected chi connectivity index (χ1v) is 26.5. The maximum absolute atomic E-state index is 7.27. The summed E-state index contributed by atoms with van der Waals surface area (Å²) in [4.78, 5) is 4.89. The van der Waals surface area contributed by atoms with Crippen LogP contribution in [0.3, 0.4) is 0 Å². The van der Waals surface area contributed by atoms with E-state index in [4.69, 9.17) is 8.83 Å². The number of furan rings is 2. The minimum atomic E-state index is 0.856. The van der Waals surface area contributed by atoms with Crippen LogP contribution < -0.4 is 9.80 Å². The van der Waals surface area contributed by atoms with Gasteiger partial charge in [0.1, 0.15) is 11.2 Å². The monoisotopic (exact) mass is 980 g/mol. The summed E-state index contributed by atoms with van der Waals surface area (Å²) in [6.45, 7) is 17.6. The average molecular weight is 981 g/mol. The lowest BCUT2D eigenvalue weighted by Crippen LogP contribution is -2.13.